The van der Waals surface area contributed by atoms with Crippen molar-refractivity contribution < 1.29 is 5.11 Å². The van der Waals surface area contributed by atoms with E-state index in [9.17, 15) is 5.11 Å². The van der Waals surface area contributed by atoms with Gasteiger partial charge in [-0.3, -0.25) is 4.99 Å². The molecule has 0 radical (unpaired) electrons. The first-order valence-electron chi connectivity index (χ1n) is 5.98. The Balaban J connectivity index is 2.62. The van der Waals surface area contributed by atoms with Gasteiger partial charge in [-0.25, -0.2) is 0 Å². The van der Waals surface area contributed by atoms with Crippen molar-refractivity contribution in [3.05, 3.63) is 27.2 Å². The Labute approximate surface area is 122 Å². The first kappa shape index (κ1) is 15.5. The summed E-state index contributed by atoms with van der Waals surface area (Å²) in [5.74, 6) is 0.172. The van der Waals surface area contributed by atoms with E-state index in [2.05, 4.69) is 39.7 Å². The minimum absolute atomic E-state index is 0.172. The Kier molecular flexibility index (Phi) is 6.68. The fourth-order valence-electron chi connectivity index (χ4n) is 1.59. The Morgan fingerprint density at radius 1 is 1.39 bits per heavy atom. The minimum atomic E-state index is 0.172. The zero-order valence-corrected chi connectivity index (χ0v) is 13.0. The predicted molar refractivity (Wildman–Crippen MR) is 81.1 cm³/mol. The number of aliphatic imine (C=N–C) groups is 1. The molecule has 18 heavy (non-hydrogen) atoms. The normalized spacial score (nSPS) is 11.6. The quantitative estimate of drug-likeness (QED) is 0.808. The number of likely N-dealkylation sites (N-methyl/N-ethyl adjacent to an activating group) is 1. The van der Waals surface area contributed by atoms with Crippen molar-refractivity contribution in [1.29, 1.82) is 0 Å². The summed E-state index contributed by atoms with van der Waals surface area (Å²) in [6.45, 7) is 7.96. The number of benzene rings is 1. The monoisotopic (exact) mass is 332 g/mol. The SMILES string of the molecule is CCN(CC)CCN=Cc1cc(Cl)cc(Br)c1O. The van der Waals surface area contributed by atoms with Crippen molar-refractivity contribution in [1.82, 2.24) is 4.90 Å². The van der Waals surface area contributed by atoms with E-state index in [-0.39, 0.29) is 5.75 Å². The average molecular weight is 334 g/mol. The molecule has 0 unspecified atom stereocenters. The summed E-state index contributed by atoms with van der Waals surface area (Å²) < 4.78 is 0.584. The lowest BCUT2D eigenvalue weighted by atomic mass is 10.2. The summed E-state index contributed by atoms with van der Waals surface area (Å²) in [6, 6.07) is 3.35. The lowest BCUT2D eigenvalue weighted by Crippen LogP contribution is -2.25. The molecule has 0 bridgehead atoms. The molecule has 0 heterocycles. The average Bonchev–Trinajstić information content (AvgIpc) is 2.35. The van der Waals surface area contributed by atoms with E-state index in [1.165, 1.54) is 0 Å². The van der Waals surface area contributed by atoms with Crippen LogP contribution in [0.3, 0.4) is 0 Å². The van der Waals surface area contributed by atoms with Crippen molar-refractivity contribution in [2.24, 2.45) is 4.99 Å². The number of rotatable bonds is 6. The second-order valence-electron chi connectivity index (χ2n) is 3.89. The molecule has 1 aromatic carbocycles. The highest BCUT2D eigenvalue weighted by Crippen LogP contribution is 2.30. The Morgan fingerprint density at radius 2 is 2.06 bits per heavy atom. The van der Waals surface area contributed by atoms with Crippen LogP contribution < -0.4 is 0 Å². The van der Waals surface area contributed by atoms with Gasteiger partial charge < -0.3 is 10.0 Å². The number of hydrogen-bond donors (Lipinski definition) is 1. The van der Waals surface area contributed by atoms with E-state index in [0.717, 1.165) is 19.6 Å². The second kappa shape index (κ2) is 7.77. The van der Waals surface area contributed by atoms with E-state index in [4.69, 9.17) is 11.6 Å². The van der Waals surface area contributed by atoms with E-state index in [1.54, 1.807) is 18.3 Å². The summed E-state index contributed by atoms with van der Waals surface area (Å²) in [5, 5.41) is 10.4. The summed E-state index contributed by atoms with van der Waals surface area (Å²) in [6.07, 6.45) is 1.66. The van der Waals surface area contributed by atoms with Gasteiger partial charge in [-0.15, -0.1) is 0 Å². The molecule has 0 atom stereocenters. The summed E-state index contributed by atoms with van der Waals surface area (Å²) >= 11 is 9.17. The minimum Gasteiger partial charge on any atom is -0.506 e. The van der Waals surface area contributed by atoms with Gasteiger partial charge in [0.2, 0.25) is 0 Å². The molecule has 0 saturated heterocycles. The van der Waals surface area contributed by atoms with Crippen LogP contribution in [0.2, 0.25) is 5.02 Å². The van der Waals surface area contributed by atoms with Gasteiger partial charge in [-0.1, -0.05) is 25.4 Å². The van der Waals surface area contributed by atoms with Crippen molar-refractivity contribution in [3.63, 3.8) is 0 Å². The zero-order valence-electron chi connectivity index (χ0n) is 10.7. The van der Waals surface area contributed by atoms with Crippen LogP contribution in [-0.2, 0) is 0 Å². The third-order valence-electron chi connectivity index (χ3n) is 2.73. The van der Waals surface area contributed by atoms with Gasteiger partial charge in [-0.2, -0.15) is 0 Å². The van der Waals surface area contributed by atoms with Crippen molar-refractivity contribution >= 4 is 33.7 Å². The number of aromatic hydroxyl groups is 1. The van der Waals surface area contributed by atoms with Crippen molar-refractivity contribution in [3.8, 4) is 5.75 Å². The van der Waals surface area contributed by atoms with Crippen LogP contribution in [0.4, 0.5) is 0 Å². The largest absolute Gasteiger partial charge is 0.506 e. The number of hydrogen-bond acceptors (Lipinski definition) is 3. The van der Waals surface area contributed by atoms with E-state index in [1.807, 2.05) is 0 Å². The molecular formula is C13H18BrClN2O. The van der Waals surface area contributed by atoms with Gasteiger partial charge in [0, 0.05) is 23.3 Å². The van der Waals surface area contributed by atoms with Crippen LogP contribution >= 0.6 is 27.5 Å². The molecule has 0 aliphatic rings. The first-order chi connectivity index (χ1) is 8.58. The summed E-state index contributed by atoms with van der Waals surface area (Å²) in [5.41, 5.74) is 0.633. The zero-order chi connectivity index (χ0) is 13.5. The van der Waals surface area contributed by atoms with Gasteiger partial charge in [-0.05, 0) is 41.2 Å². The molecule has 1 aromatic rings. The third-order valence-corrected chi connectivity index (χ3v) is 3.55. The molecule has 1 N–H and O–H groups in total. The van der Waals surface area contributed by atoms with Crippen LogP contribution in [-0.4, -0.2) is 42.4 Å². The Hall–Kier alpha value is -0.580. The highest BCUT2D eigenvalue weighted by Gasteiger charge is 2.05. The van der Waals surface area contributed by atoms with E-state index in [0.29, 0.717) is 21.6 Å². The van der Waals surface area contributed by atoms with Gasteiger partial charge >= 0.3 is 0 Å². The molecule has 0 aromatic heterocycles. The number of phenols is 1. The van der Waals surface area contributed by atoms with Gasteiger partial charge in [0.05, 0.1) is 11.0 Å². The van der Waals surface area contributed by atoms with Crippen LogP contribution in [0, 0.1) is 0 Å². The molecule has 0 spiro atoms. The summed E-state index contributed by atoms with van der Waals surface area (Å²) in [4.78, 5) is 6.61. The van der Waals surface area contributed by atoms with E-state index >= 15 is 0 Å². The second-order valence-corrected chi connectivity index (χ2v) is 5.18. The summed E-state index contributed by atoms with van der Waals surface area (Å²) in [7, 11) is 0. The predicted octanol–water partition coefficient (Wildman–Crippen LogP) is 3.57. The molecule has 3 nitrogen and oxygen atoms in total. The smallest absolute Gasteiger partial charge is 0.138 e. The molecule has 0 aliphatic heterocycles. The molecule has 0 aliphatic carbocycles. The van der Waals surface area contributed by atoms with Gasteiger partial charge in [0.25, 0.3) is 0 Å². The van der Waals surface area contributed by atoms with Crippen LogP contribution in [0.25, 0.3) is 0 Å². The Bertz CT molecular complexity index is 420. The molecule has 0 saturated carbocycles. The van der Waals surface area contributed by atoms with Crippen LogP contribution in [0.1, 0.15) is 19.4 Å². The van der Waals surface area contributed by atoms with Crippen molar-refractivity contribution in [2.45, 2.75) is 13.8 Å². The lowest BCUT2D eigenvalue weighted by molar-refractivity contribution is 0.313. The third kappa shape index (κ3) is 4.59. The standard InChI is InChI=1S/C13H18BrClN2O/c1-3-17(4-2)6-5-16-9-10-7-11(15)8-12(14)13(10)18/h7-9,18H,3-6H2,1-2H3. The number of nitrogens with zero attached hydrogens (tertiary/aromatic N) is 2. The molecule has 1 rings (SSSR count). The van der Waals surface area contributed by atoms with Crippen LogP contribution in [0.15, 0.2) is 21.6 Å². The highest BCUT2D eigenvalue weighted by molar-refractivity contribution is 9.10. The first-order valence-corrected chi connectivity index (χ1v) is 7.15. The fourth-order valence-corrected chi connectivity index (χ4v) is 2.42. The maximum atomic E-state index is 9.82. The molecule has 0 amide bonds. The fraction of sp³-hybridized carbons (Fsp3) is 0.462. The molecular weight excluding hydrogens is 316 g/mol. The van der Waals surface area contributed by atoms with Gasteiger partial charge in [0.1, 0.15) is 5.75 Å². The number of phenolic OH excluding ortho intramolecular Hbond substituents is 1. The molecule has 5 heteroatoms. The highest BCUT2D eigenvalue weighted by atomic mass is 79.9. The topological polar surface area (TPSA) is 35.8 Å². The van der Waals surface area contributed by atoms with Gasteiger partial charge in [0.15, 0.2) is 0 Å². The van der Waals surface area contributed by atoms with Crippen molar-refractivity contribution in [2.75, 3.05) is 26.2 Å². The Morgan fingerprint density at radius 3 is 2.67 bits per heavy atom. The molecule has 0 fully saturated rings. The van der Waals surface area contributed by atoms with Crippen LogP contribution in [0.5, 0.6) is 5.75 Å². The lowest BCUT2D eigenvalue weighted by Gasteiger charge is -2.15. The number of halogens is 2. The van der Waals surface area contributed by atoms with E-state index < -0.39 is 0 Å². The molecule has 100 valence electrons. The maximum absolute atomic E-state index is 9.82. The maximum Gasteiger partial charge on any atom is 0.138 e.